The molecule has 4 heterocycles. The number of benzene rings is 2. The van der Waals surface area contributed by atoms with Gasteiger partial charge in [0.1, 0.15) is 17.0 Å². The monoisotopic (exact) mass is 486 g/mol. The lowest BCUT2D eigenvalue weighted by Crippen LogP contribution is -2.39. The standard InChI is InChI=1S/C27H26N4O3S/c1-17-23-25(28-13-18-9-10-21-22(12-18)34-16-33-21)29-15-30-26(23)35-24(17)27(32)31-11-5-8-20(14-31)19-6-3-2-4-7-19/h2-4,6-7,9-10,12,15,20H,5,8,11,13-14,16H2,1H3,(H,28,29,30)/t20-/m0/s1. The lowest BCUT2D eigenvalue weighted by molar-refractivity contribution is 0.0711. The van der Waals surface area contributed by atoms with E-state index in [1.807, 2.05) is 36.1 Å². The Balaban J connectivity index is 1.23. The molecule has 0 unspecified atom stereocenters. The molecule has 0 saturated carbocycles. The number of aryl methyl sites for hydroxylation is 1. The fourth-order valence-corrected chi connectivity index (χ4v) is 6.07. The zero-order chi connectivity index (χ0) is 23.8. The zero-order valence-corrected chi connectivity index (χ0v) is 20.3. The number of rotatable bonds is 5. The van der Waals surface area contributed by atoms with Crippen molar-refractivity contribution in [2.45, 2.75) is 32.2 Å². The summed E-state index contributed by atoms with van der Waals surface area (Å²) in [5.74, 6) is 2.73. The van der Waals surface area contributed by atoms with Gasteiger partial charge in [-0.15, -0.1) is 11.3 Å². The molecule has 0 spiro atoms. The van der Waals surface area contributed by atoms with E-state index in [-0.39, 0.29) is 12.7 Å². The Morgan fingerprint density at radius 2 is 2.00 bits per heavy atom. The van der Waals surface area contributed by atoms with E-state index < -0.39 is 0 Å². The second-order valence-corrected chi connectivity index (χ2v) is 10.00. The van der Waals surface area contributed by atoms with Crippen molar-refractivity contribution in [1.82, 2.24) is 14.9 Å². The Morgan fingerprint density at radius 3 is 2.89 bits per heavy atom. The number of thiophene rings is 1. The Labute approximate surface area is 207 Å². The number of amides is 1. The summed E-state index contributed by atoms with van der Waals surface area (Å²) >= 11 is 1.46. The third-order valence-corrected chi connectivity index (χ3v) is 7.99. The average Bonchev–Trinajstić information content (AvgIpc) is 3.52. The fraction of sp³-hybridized carbons (Fsp3) is 0.296. The number of aromatic nitrogens is 2. The minimum Gasteiger partial charge on any atom is -0.454 e. The van der Waals surface area contributed by atoms with Crippen LogP contribution in [0.4, 0.5) is 5.82 Å². The topological polar surface area (TPSA) is 76.6 Å². The van der Waals surface area contributed by atoms with Gasteiger partial charge in [-0.2, -0.15) is 0 Å². The number of hydrogen-bond donors (Lipinski definition) is 1. The Hall–Kier alpha value is -3.65. The minimum atomic E-state index is 0.0906. The molecule has 2 aliphatic rings. The number of nitrogens with one attached hydrogen (secondary N) is 1. The number of hydrogen-bond acceptors (Lipinski definition) is 7. The first-order chi connectivity index (χ1) is 17.2. The molecule has 178 valence electrons. The molecule has 1 N–H and O–H groups in total. The molecule has 2 aromatic carbocycles. The van der Waals surface area contributed by atoms with E-state index in [9.17, 15) is 4.79 Å². The molecule has 8 heteroatoms. The second-order valence-electron chi connectivity index (χ2n) is 9.00. The quantitative estimate of drug-likeness (QED) is 0.409. The number of ether oxygens (including phenoxy) is 2. The van der Waals surface area contributed by atoms with Crippen molar-refractivity contribution in [1.29, 1.82) is 0 Å². The molecule has 0 radical (unpaired) electrons. The summed E-state index contributed by atoms with van der Waals surface area (Å²) in [4.78, 5) is 26.2. The van der Waals surface area contributed by atoms with Gasteiger partial charge in [-0.1, -0.05) is 36.4 Å². The molecule has 4 aromatic rings. The average molecular weight is 487 g/mol. The van der Waals surface area contributed by atoms with Gasteiger partial charge in [-0.05, 0) is 48.6 Å². The van der Waals surface area contributed by atoms with Gasteiger partial charge < -0.3 is 19.7 Å². The normalized spacial score (nSPS) is 17.1. The molecule has 2 aromatic heterocycles. The summed E-state index contributed by atoms with van der Waals surface area (Å²) in [6, 6.07) is 16.4. The molecular formula is C27H26N4O3S. The Morgan fingerprint density at radius 1 is 1.14 bits per heavy atom. The SMILES string of the molecule is Cc1c(C(=O)N2CCC[C@H](c3ccccc3)C2)sc2ncnc(NCc3ccc4c(c3)OCO4)c12. The van der Waals surface area contributed by atoms with Crippen LogP contribution >= 0.6 is 11.3 Å². The second kappa shape index (κ2) is 9.19. The Kier molecular flexibility index (Phi) is 5.74. The molecule has 2 aliphatic heterocycles. The highest BCUT2D eigenvalue weighted by atomic mass is 32.1. The largest absolute Gasteiger partial charge is 0.454 e. The molecule has 0 aliphatic carbocycles. The van der Waals surface area contributed by atoms with Crippen LogP contribution in [0.3, 0.4) is 0 Å². The van der Waals surface area contributed by atoms with Crippen molar-refractivity contribution in [3.8, 4) is 11.5 Å². The highest BCUT2D eigenvalue weighted by Crippen LogP contribution is 2.36. The van der Waals surface area contributed by atoms with Gasteiger partial charge in [0.25, 0.3) is 5.91 Å². The molecule has 1 atom stereocenters. The molecule has 1 amide bonds. The van der Waals surface area contributed by atoms with Crippen molar-refractivity contribution >= 4 is 33.3 Å². The number of carbonyl (C=O) groups is 1. The van der Waals surface area contributed by atoms with E-state index in [1.54, 1.807) is 6.33 Å². The predicted molar refractivity (Wildman–Crippen MR) is 136 cm³/mol. The predicted octanol–water partition coefficient (Wildman–Crippen LogP) is 5.36. The van der Waals surface area contributed by atoms with E-state index in [0.29, 0.717) is 12.5 Å². The van der Waals surface area contributed by atoms with Gasteiger partial charge in [-0.25, -0.2) is 9.97 Å². The van der Waals surface area contributed by atoms with Crippen LogP contribution in [0.2, 0.25) is 0 Å². The van der Waals surface area contributed by atoms with E-state index in [0.717, 1.165) is 69.5 Å². The van der Waals surface area contributed by atoms with Gasteiger partial charge >= 0.3 is 0 Å². The van der Waals surface area contributed by atoms with Crippen LogP contribution in [0, 0.1) is 6.92 Å². The first kappa shape index (κ1) is 21.9. The summed E-state index contributed by atoms with van der Waals surface area (Å²) < 4.78 is 10.9. The first-order valence-electron chi connectivity index (χ1n) is 11.9. The van der Waals surface area contributed by atoms with Crippen molar-refractivity contribution in [3.63, 3.8) is 0 Å². The molecular weight excluding hydrogens is 460 g/mol. The molecule has 6 rings (SSSR count). The van der Waals surface area contributed by atoms with Crippen molar-refractivity contribution < 1.29 is 14.3 Å². The number of likely N-dealkylation sites (tertiary alicyclic amines) is 1. The van der Waals surface area contributed by atoms with Crippen LogP contribution in [0.5, 0.6) is 11.5 Å². The van der Waals surface area contributed by atoms with E-state index in [1.165, 1.54) is 16.9 Å². The number of fused-ring (bicyclic) bond motifs is 2. The number of anilines is 1. The summed E-state index contributed by atoms with van der Waals surface area (Å²) in [6.45, 7) is 4.37. The Bertz CT molecular complexity index is 1390. The number of piperidine rings is 1. The van der Waals surface area contributed by atoms with Crippen LogP contribution in [0.15, 0.2) is 54.9 Å². The maximum absolute atomic E-state index is 13.6. The summed E-state index contributed by atoms with van der Waals surface area (Å²) in [5, 5.41) is 4.35. The van der Waals surface area contributed by atoms with Gasteiger partial charge in [0.2, 0.25) is 6.79 Å². The highest BCUT2D eigenvalue weighted by molar-refractivity contribution is 7.20. The lowest BCUT2D eigenvalue weighted by Gasteiger charge is -2.33. The first-order valence-corrected chi connectivity index (χ1v) is 12.7. The van der Waals surface area contributed by atoms with Crippen LogP contribution in [-0.4, -0.2) is 40.7 Å². The van der Waals surface area contributed by atoms with Crippen molar-refractivity contribution in [3.05, 3.63) is 76.4 Å². The van der Waals surface area contributed by atoms with Gasteiger partial charge in [0.05, 0.1) is 10.3 Å². The highest BCUT2D eigenvalue weighted by Gasteiger charge is 2.28. The van der Waals surface area contributed by atoms with Gasteiger partial charge in [0, 0.05) is 25.6 Å². The van der Waals surface area contributed by atoms with Crippen LogP contribution < -0.4 is 14.8 Å². The molecule has 35 heavy (non-hydrogen) atoms. The van der Waals surface area contributed by atoms with Crippen LogP contribution in [0.1, 0.15) is 45.1 Å². The zero-order valence-electron chi connectivity index (χ0n) is 19.5. The summed E-state index contributed by atoms with van der Waals surface area (Å²) in [6.07, 6.45) is 3.68. The van der Waals surface area contributed by atoms with Crippen molar-refractivity contribution in [2.24, 2.45) is 0 Å². The number of carbonyl (C=O) groups excluding carboxylic acids is 1. The van der Waals surface area contributed by atoms with E-state index in [2.05, 4.69) is 39.6 Å². The molecule has 1 fully saturated rings. The van der Waals surface area contributed by atoms with Crippen LogP contribution in [0.25, 0.3) is 10.2 Å². The fourth-order valence-electron chi connectivity index (χ4n) is 4.95. The third-order valence-electron chi connectivity index (χ3n) is 6.80. The minimum absolute atomic E-state index is 0.0906. The third kappa shape index (κ3) is 4.18. The molecule has 0 bridgehead atoms. The molecule has 1 saturated heterocycles. The lowest BCUT2D eigenvalue weighted by atomic mass is 9.90. The van der Waals surface area contributed by atoms with E-state index >= 15 is 0 Å². The van der Waals surface area contributed by atoms with Gasteiger partial charge in [0.15, 0.2) is 11.5 Å². The van der Waals surface area contributed by atoms with Gasteiger partial charge in [-0.3, -0.25) is 4.79 Å². The summed E-state index contributed by atoms with van der Waals surface area (Å²) in [7, 11) is 0. The summed E-state index contributed by atoms with van der Waals surface area (Å²) in [5.41, 5.74) is 3.30. The smallest absolute Gasteiger partial charge is 0.264 e. The molecule has 7 nitrogen and oxygen atoms in total. The van der Waals surface area contributed by atoms with E-state index in [4.69, 9.17) is 9.47 Å². The maximum Gasteiger partial charge on any atom is 0.264 e. The van der Waals surface area contributed by atoms with Crippen LogP contribution in [-0.2, 0) is 6.54 Å². The maximum atomic E-state index is 13.6. The number of nitrogens with zero attached hydrogens (tertiary/aromatic N) is 3. The van der Waals surface area contributed by atoms with Crippen molar-refractivity contribution in [2.75, 3.05) is 25.2 Å².